The van der Waals surface area contributed by atoms with E-state index < -0.39 is 5.54 Å². The molecule has 1 atom stereocenters. The van der Waals surface area contributed by atoms with Crippen LogP contribution in [0.2, 0.25) is 5.15 Å². The summed E-state index contributed by atoms with van der Waals surface area (Å²) in [5.41, 5.74) is 6.89. The van der Waals surface area contributed by atoms with Gasteiger partial charge in [-0.2, -0.15) is 0 Å². The quantitative estimate of drug-likeness (QED) is 0.712. The lowest BCUT2D eigenvalue weighted by atomic mass is 9.81. The largest absolute Gasteiger partial charge is 0.455 e. The van der Waals surface area contributed by atoms with Crippen LogP contribution < -0.4 is 10.5 Å². The number of halogens is 2. The number of benzene rings is 1. The molecule has 0 fully saturated rings. The molecular weight excluding hydrogens is 370 g/mol. The van der Waals surface area contributed by atoms with Gasteiger partial charge in [0.1, 0.15) is 28.9 Å². The molecule has 1 spiro atoms. The van der Waals surface area contributed by atoms with Crippen LogP contribution in [-0.2, 0) is 10.3 Å². The van der Waals surface area contributed by atoms with Crippen molar-refractivity contribution in [1.29, 1.82) is 0 Å². The molecule has 2 aromatic rings. The minimum atomic E-state index is -0.762. The first kappa shape index (κ1) is 14.0. The zero-order valence-electron chi connectivity index (χ0n) is 11.3. The Labute approximate surface area is 140 Å². The van der Waals surface area contributed by atoms with Crippen LogP contribution >= 0.6 is 27.5 Å². The first-order chi connectivity index (χ1) is 10.6. The molecule has 22 heavy (non-hydrogen) atoms. The van der Waals surface area contributed by atoms with Crippen molar-refractivity contribution in [1.82, 2.24) is 4.98 Å². The average molecular weight is 381 g/mol. The molecule has 0 amide bonds. The summed E-state index contributed by atoms with van der Waals surface area (Å²) in [5.74, 6) is 1.76. The Morgan fingerprint density at radius 1 is 1.23 bits per heavy atom. The second kappa shape index (κ2) is 4.94. The lowest BCUT2D eigenvalue weighted by Gasteiger charge is -2.39. The topological polar surface area (TPSA) is 69.7 Å². The number of amidine groups is 1. The van der Waals surface area contributed by atoms with Gasteiger partial charge in [-0.15, -0.1) is 0 Å². The molecule has 7 heteroatoms. The number of aliphatic imine (C=N–C) groups is 1. The molecule has 3 heterocycles. The van der Waals surface area contributed by atoms with Gasteiger partial charge < -0.3 is 15.2 Å². The first-order valence-electron chi connectivity index (χ1n) is 6.64. The van der Waals surface area contributed by atoms with Gasteiger partial charge in [-0.05, 0) is 24.3 Å². The summed E-state index contributed by atoms with van der Waals surface area (Å²) in [4.78, 5) is 8.81. The second-order valence-electron chi connectivity index (χ2n) is 5.20. The highest BCUT2D eigenvalue weighted by atomic mass is 79.9. The molecule has 2 N–H and O–H groups in total. The molecule has 0 unspecified atom stereocenters. The van der Waals surface area contributed by atoms with E-state index in [1.807, 2.05) is 18.2 Å². The number of nitrogens with zero attached hydrogens (tertiary/aromatic N) is 2. The Balaban J connectivity index is 2.05. The molecule has 0 bridgehead atoms. The maximum absolute atomic E-state index is 6.08. The predicted octanol–water partition coefficient (Wildman–Crippen LogP) is 3.23. The Kier molecular flexibility index (Phi) is 3.14. The number of nitrogens with two attached hydrogens (primary N) is 1. The summed E-state index contributed by atoms with van der Waals surface area (Å²) >= 11 is 9.57. The Morgan fingerprint density at radius 2 is 2.05 bits per heavy atom. The van der Waals surface area contributed by atoms with Crippen molar-refractivity contribution < 1.29 is 9.47 Å². The van der Waals surface area contributed by atoms with Crippen molar-refractivity contribution >= 4 is 33.4 Å². The van der Waals surface area contributed by atoms with Gasteiger partial charge in [0.05, 0.1) is 12.8 Å². The van der Waals surface area contributed by atoms with Crippen LogP contribution in [0.3, 0.4) is 0 Å². The summed E-state index contributed by atoms with van der Waals surface area (Å²) in [6, 6.07) is 7.53. The van der Waals surface area contributed by atoms with Crippen LogP contribution in [0, 0.1) is 0 Å². The van der Waals surface area contributed by atoms with E-state index in [2.05, 4.69) is 20.9 Å². The molecule has 0 saturated carbocycles. The molecule has 4 rings (SSSR count). The zero-order chi connectivity index (χ0) is 15.3. The third-order valence-corrected chi connectivity index (χ3v) is 4.48. The maximum Gasteiger partial charge on any atom is 0.151 e. The van der Waals surface area contributed by atoms with E-state index in [-0.39, 0.29) is 0 Å². The van der Waals surface area contributed by atoms with Crippen molar-refractivity contribution in [3.05, 3.63) is 51.2 Å². The van der Waals surface area contributed by atoms with Crippen LogP contribution in [0.4, 0.5) is 0 Å². The molecule has 2 aliphatic rings. The number of fused-ring (bicyclic) bond motifs is 4. The fourth-order valence-electron chi connectivity index (χ4n) is 2.89. The standard InChI is InChI=1S/C15H11BrClN3O2/c16-8-1-2-11-9(3-8)15(7-21-6-14(18)20-15)10-4-13(17)19-5-12(10)22-11/h1-5H,6-7H2,(H2,18,20)/t15-/m1/s1. The number of aromatic nitrogens is 1. The van der Waals surface area contributed by atoms with E-state index >= 15 is 0 Å². The van der Waals surface area contributed by atoms with Crippen molar-refractivity contribution in [2.75, 3.05) is 13.2 Å². The molecule has 112 valence electrons. The summed E-state index contributed by atoms with van der Waals surface area (Å²) in [6.07, 6.45) is 1.60. The third-order valence-electron chi connectivity index (χ3n) is 3.78. The van der Waals surface area contributed by atoms with E-state index in [0.717, 1.165) is 15.6 Å². The van der Waals surface area contributed by atoms with E-state index in [9.17, 15) is 0 Å². The summed E-state index contributed by atoms with van der Waals surface area (Å²) in [6.45, 7) is 0.688. The molecular formula is C15H11BrClN3O2. The van der Waals surface area contributed by atoms with Gasteiger partial charge in [0.15, 0.2) is 5.75 Å². The number of pyridine rings is 1. The molecule has 1 aromatic heterocycles. The molecule has 0 aliphatic carbocycles. The maximum atomic E-state index is 6.08. The van der Waals surface area contributed by atoms with Crippen LogP contribution in [0.1, 0.15) is 11.1 Å². The summed E-state index contributed by atoms with van der Waals surface area (Å²) in [7, 11) is 0. The first-order valence-corrected chi connectivity index (χ1v) is 7.81. The zero-order valence-corrected chi connectivity index (χ0v) is 13.7. The highest BCUT2D eigenvalue weighted by Gasteiger charge is 2.45. The number of hydrogen-bond acceptors (Lipinski definition) is 5. The average Bonchev–Trinajstić information content (AvgIpc) is 2.49. The van der Waals surface area contributed by atoms with Gasteiger partial charge in [-0.25, -0.2) is 4.98 Å². The van der Waals surface area contributed by atoms with E-state index in [4.69, 9.17) is 31.8 Å². The highest BCUT2D eigenvalue weighted by Crippen LogP contribution is 2.50. The van der Waals surface area contributed by atoms with Gasteiger partial charge in [-0.1, -0.05) is 27.5 Å². The highest BCUT2D eigenvalue weighted by molar-refractivity contribution is 9.10. The summed E-state index contributed by atoms with van der Waals surface area (Å²) in [5, 5.41) is 0.375. The Hall–Kier alpha value is -1.63. The SMILES string of the molecule is NC1=N[C@]2(COC1)c1cc(Br)ccc1Oc1cnc(Cl)cc12. The van der Waals surface area contributed by atoms with Crippen LogP contribution in [-0.4, -0.2) is 24.0 Å². The van der Waals surface area contributed by atoms with Crippen LogP contribution in [0.5, 0.6) is 11.5 Å². The van der Waals surface area contributed by atoms with Gasteiger partial charge in [-0.3, -0.25) is 4.99 Å². The van der Waals surface area contributed by atoms with Crippen LogP contribution in [0.25, 0.3) is 0 Å². The number of rotatable bonds is 0. The van der Waals surface area contributed by atoms with E-state index in [1.54, 1.807) is 12.3 Å². The van der Waals surface area contributed by atoms with Crippen molar-refractivity contribution in [3.63, 3.8) is 0 Å². The third kappa shape index (κ3) is 2.02. The molecule has 0 radical (unpaired) electrons. The lowest BCUT2D eigenvalue weighted by Crippen LogP contribution is -2.42. The van der Waals surface area contributed by atoms with Crippen molar-refractivity contribution in [2.45, 2.75) is 5.54 Å². The van der Waals surface area contributed by atoms with Gasteiger partial charge >= 0.3 is 0 Å². The lowest BCUT2D eigenvalue weighted by molar-refractivity contribution is 0.109. The van der Waals surface area contributed by atoms with Gasteiger partial charge in [0.25, 0.3) is 0 Å². The fraction of sp³-hybridized carbons (Fsp3) is 0.200. The minimum Gasteiger partial charge on any atom is -0.455 e. The molecule has 0 saturated heterocycles. The second-order valence-corrected chi connectivity index (χ2v) is 6.50. The van der Waals surface area contributed by atoms with E-state index in [1.165, 1.54) is 0 Å². The van der Waals surface area contributed by atoms with E-state index in [0.29, 0.717) is 35.7 Å². The number of hydrogen-bond donors (Lipinski definition) is 1. The molecule has 5 nitrogen and oxygen atoms in total. The molecule has 1 aromatic carbocycles. The number of ether oxygens (including phenoxy) is 2. The Morgan fingerprint density at radius 3 is 2.86 bits per heavy atom. The van der Waals surface area contributed by atoms with Crippen LogP contribution in [0.15, 0.2) is 39.9 Å². The summed E-state index contributed by atoms with van der Waals surface area (Å²) < 4.78 is 12.5. The monoisotopic (exact) mass is 379 g/mol. The minimum absolute atomic E-state index is 0.320. The van der Waals surface area contributed by atoms with Crippen molar-refractivity contribution in [2.24, 2.45) is 10.7 Å². The van der Waals surface area contributed by atoms with Gasteiger partial charge in [0.2, 0.25) is 0 Å². The normalized spacial score (nSPS) is 22.5. The smallest absolute Gasteiger partial charge is 0.151 e. The Bertz CT molecular complexity index is 758. The fourth-order valence-corrected chi connectivity index (χ4v) is 3.41. The predicted molar refractivity (Wildman–Crippen MR) is 86.7 cm³/mol. The molecule has 2 aliphatic heterocycles. The van der Waals surface area contributed by atoms with Gasteiger partial charge in [0, 0.05) is 15.6 Å². The van der Waals surface area contributed by atoms with Crippen molar-refractivity contribution in [3.8, 4) is 11.5 Å².